The first kappa shape index (κ1) is 16.0. The number of aryl methyl sites for hydroxylation is 2. The lowest BCUT2D eigenvalue weighted by atomic mass is 9.89. The summed E-state index contributed by atoms with van der Waals surface area (Å²) in [5, 5.41) is 3.36. The highest BCUT2D eigenvalue weighted by molar-refractivity contribution is 5.78. The molecule has 0 aliphatic heterocycles. The lowest BCUT2D eigenvalue weighted by Gasteiger charge is -2.22. The molecule has 2 rings (SSSR count). The van der Waals surface area contributed by atoms with Gasteiger partial charge in [0, 0.05) is 19.1 Å². The topological polar surface area (TPSA) is 32.3 Å². The van der Waals surface area contributed by atoms with Crippen LogP contribution in [0, 0.1) is 0 Å². The summed E-state index contributed by atoms with van der Waals surface area (Å²) in [6.07, 6.45) is 5.05. The van der Waals surface area contributed by atoms with E-state index in [1.165, 1.54) is 42.4 Å². The Morgan fingerprint density at radius 3 is 2.52 bits per heavy atom. The van der Waals surface area contributed by atoms with Crippen LogP contribution in [0.2, 0.25) is 0 Å². The molecule has 3 heteroatoms. The van der Waals surface area contributed by atoms with Gasteiger partial charge in [0.1, 0.15) is 0 Å². The summed E-state index contributed by atoms with van der Waals surface area (Å²) in [5.74, 6) is 0.185. The minimum atomic E-state index is 0.185. The Bertz CT molecular complexity index is 480. The first-order valence-corrected chi connectivity index (χ1v) is 8.28. The third kappa shape index (κ3) is 4.07. The number of nitrogens with one attached hydrogen (secondary N) is 1. The lowest BCUT2D eigenvalue weighted by molar-refractivity contribution is -0.129. The Labute approximate surface area is 128 Å². The largest absolute Gasteiger partial charge is 0.342 e. The van der Waals surface area contributed by atoms with Gasteiger partial charge in [-0.3, -0.25) is 4.79 Å². The lowest BCUT2D eigenvalue weighted by Crippen LogP contribution is -2.38. The summed E-state index contributed by atoms with van der Waals surface area (Å²) in [6.45, 7) is 8.16. The van der Waals surface area contributed by atoms with E-state index in [1.54, 1.807) is 0 Å². The van der Waals surface area contributed by atoms with Crippen molar-refractivity contribution >= 4 is 5.91 Å². The molecule has 0 spiro atoms. The van der Waals surface area contributed by atoms with E-state index in [-0.39, 0.29) is 11.9 Å². The normalized spacial score (nSPS) is 15.4. The van der Waals surface area contributed by atoms with Crippen LogP contribution in [0.5, 0.6) is 0 Å². The van der Waals surface area contributed by atoms with Gasteiger partial charge in [0.05, 0.1) is 6.54 Å². The molecule has 0 saturated carbocycles. The summed E-state index contributed by atoms with van der Waals surface area (Å²) >= 11 is 0. The van der Waals surface area contributed by atoms with Crippen molar-refractivity contribution in [1.82, 2.24) is 10.2 Å². The molecule has 0 bridgehead atoms. The fourth-order valence-electron chi connectivity index (χ4n) is 3.07. The molecule has 1 N–H and O–H groups in total. The van der Waals surface area contributed by atoms with Crippen LogP contribution in [0.1, 0.15) is 56.3 Å². The number of likely N-dealkylation sites (N-methyl/N-ethyl adjacent to an activating group) is 1. The van der Waals surface area contributed by atoms with Gasteiger partial charge < -0.3 is 10.2 Å². The molecule has 1 atom stereocenters. The zero-order chi connectivity index (χ0) is 15.2. The van der Waals surface area contributed by atoms with E-state index in [9.17, 15) is 4.79 Å². The molecule has 0 aromatic heterocycles. The van der Waals surface area contributed by atoms with Gasteiger partial charge in [-0.05, 0) is 63.1 Å². The molecule has 0 fully saturated rings. The number of amides is 1. The summed E-state index contributed by atoms with van der Waals surface area (Å²) in [4.78, 5) is 13.9. The summed E-state index contributed by atoms with van der Waals surface area (Å²) in [5.41, 5.74) is 4.31. The molecule has 21 heavy (non-hydrogen) atoms. The van der Waals surface area contributed by atoms with Crippen LogP contribution in [-0.2, 0) is 17.6 Å². The highest BCUT2D eigenvalue weighted by atomic mass is 16.2. The van der Waals surface area contributed by atoms with Crippen molar-refractivity contribution in [2.75, 3.05) is 19.6 Å². The summed E-state index contributed by atoms with van der Waals surface area (Å²) < 4.78 is 0. The molecule has 0 radical (unpaired) electrons. The van der Waals surface area contributed by atoms with E-state index in [0.29, 0.717) is 6.54 Å². The Hall–Kier alpha value is -1.35. The van der Waals surface area contributed by atoms with Gasteiger partial charge in [-0.15, -0.1) is 0 Å². The minimum Gasteiger partial charge on any atom is -0.342 e. The predicted molar refractivity (Wildman–Crippen MR) is 87.4 cm³/mol. The second-order valence-electron chi connectivity index (χ2n) is 5.90. The average molecular weight is 288 g/mol. The van der Waals surface area contributed by atoms with Crippen LogP contribution in [0.4, 0.5) is 0 Å². The highest BCUT2D eigenvalue weighted by Crippen LogP contribution is 2.24. The molecule has 0 heterocycles. The fourth-order valence-corrected chi connectivity index (χ4v) is 3.07. The van der Waals surface area contributed by atoms with Gasteiger partial charge in [-0.25, -0.2) is 0 Å². The Morgan fingerprint density at radius 2 is 1.86 bits per heavy atom. The second-order valence-corrected chi connectivity index (χ2v) is 5.90. The molecule has 116 valence electrons. The van der Waals surface area contributed by atoms with Crippen molar-refractivity contribution in [2.24, 2.45) is 0 Å². The molecular weight excluding hydrogens is 260 g/mol. The van der Waals surface area contributed by atoms with Crippen molar-refractivity contribution in [3.05, 3.63) is 34.9 Å². The van der Waals surface area contributed by atoms with Crippen molar-refractivity contribution in [1.29, 1.82) is 0 Å². The van der Waals surface area contributed by atoms with Gasteiger partial charge >= 0.3 is 0 Å². The van der Waals surface area contributed by atoms with Gasteiger partial charge in [-0.2, -0.15) is 0 Å². The van der Waals surface area contributed by atoms with E-state index >= 15 is 0 Å². The predicted octanol–water partition coefficient (Wildman–Crippen LogP) is 3.08. The molecule has 1 aliphatic rings. The Kier molecular flexibility index (Phi) is 5.80. The summed E-state index contributed by atoms with van der Waals surface area (Å²) in [6, 6.07) is 7.03. The van der Waals surface area contributed by atoms with Crippen LogP contribution in [0.25, 0.3) is 0 Å². The van der Waals surface area contributed by atoms with Crippen LogP contribution >= 0.6 is 0 Å². The van der Waals surface area contributed by atoms with E-state index in [1.807, 2.05) is 18.7 Å². The number of benzene rings is 1. The SMILES string of the molecule is CCN(CC)C(=O)CNC(C)c1ccc2c(c1)CCCC2. The number of carbonyl (C=O) groups is 1. The minimum absolute atomic E-state index is 0.185. The van der Waals surface area contributed by atoms with E-state index in [0.717, 1.165) is 13.1 Å². The molecule has 0 saturated heterocycles. The molecule has 3 nitrogen and oxygen atoms in total. The number of fused-ring (bicyclic) bond motifs is 1. The first-order valence-electron chi connectivity index (χ1n) is 8.28. The quantitative estimate of drug-likeness (QED) is 0.872. The van der Waals surface area contributed by atoms with Crippen molar-refractivity contribution in [2.45, 2.75) is 52.5 Å². The zero-order valence-corrected chi connectivity index (χ0v) is 13.6. The number of hydrogen-bond acceptors (Lipinski definition) is 2. The van der Waals surface area contributed by atoms with Crippen LogP contribution in [0.15, 0.2) is 18.2 Å². The fraction of sp³-hybridized carbons (Fsp3) is 0.611. The van der Waals surface area contributed by atoms with Crippen molar-refractivity contribution < 1.29 is 4.79 Å². The van der Waals surface area contributed by atoms with E-state index in [2.05, 4.69) is 30.4 Å². The average Bonchev–Trinajstić information content (AvgIpc) is 2.53. The Balaban J connectivity index is 1.94. The molecule has 1 aromatic rings. The smallest absolute Gasteiger partial charge is 0.236 e. The van der Waals surface area contributed by atoms with Gasteiger partial charge in [0.15, 0.2) is 0 Å². The molecule has 1 aliphatic carbocycles. The maximum Gasteiger partial charge on any atom is 0.236 e. The molecule has 1 unspecified atom stereocenters. The second kappa shape index (κ2) is 7.60. The van der Waals surface area contributed by atoms with Crippen LogP contribution < -0.4 is 5.32 Å². The maximum absolute atomic E-state index is 12.0. The van der Waals surface area contributed by atoms with Gasteiger partial charge in [0.25, 0.3) is 0 Å². The van der Waals surface area contributed by atoms with Crippen molar-refractivity contribution in [3.8, 4) is 0 Å². The highest BCUT2D eigenvalue weighted by Gasteiger charge is 2.14. The Morgan fingerprint density at radius 1 is 1.19 bits per heavy atom. The van der Waals surface area contributed by atoms with Crippen LogP contribution in [-0.4, -0.2) is 30.4 Å². The molecule has 1 amide bonds. The number of nitrogens with zero attached hydrogens (tertiary/aromatic N) is 1. The van der Waals surface area contributed by atoms with E-state index < -0.39 is 0 Å². The first-order chi connectivity index (χ1) is 10.2. The standard InChI is InChI=1S/C18H28N2O/c1-4-20(5-2)18(21)13-19-14(3)16-11-10-15-8-6-7-9-17(15)12-16/h10-12,14,19H,4-9,13H2,1-3H3. The van der Waals surface area contributed by atoms with Crippen molar-refractivity contribution in [3.63, 3.8) is 0 Å². The maximum atomic E-state index is 12.0. The zero-order valence-electron chi connectivity index (χ0n) is 13.6. The van der Waals surface area contributed by atoms with E-state index in [4.69, 9.17) is 0 Å². The monoisotopic (exact) mass is 288 g/mol. The third-order valence-electron chi connectivity index (χ3n) is 4.55. The van der Waals surface area contributed by atoms with Crippen LogP contribution in [0.3, 0.4) is 0 Å². The van der Waals surface area contributed by atoms with Gasteiger partial charge in [-0.1, -0.05) is 18.2 Å². The number of carbonyl (C=O) groups excluding carboxylic acids is 1. The van der Waals surface area contributed by atoms with Gasteiger partial charge in [0.2, 0.25) is 5.91 Å². The number of rotatable bonds is 6. The number of hydrogen-bond donors (Lipinski definition) is 1. The molecular formula is C18H28N2O. The molecule has 1 aromatic carbocycles. The third-order valence-corrected chi connectivity index (χ3v) is 4.55. The summed E-state index contributed by atoms with van der Waals surface area (Å²) in [7, 11) is 0.